The van der Waals surface area contributed by atoms with Crippen LogP contribution in [0, 0.1) is 6.92 Å². The number of rotatable bonds is 3. The van der Waals surface area contributed by atoms with E-state index in [4.69, 9.17) is 0 Å². The van der Waals surface area contributed by atoms with Crippen LogP contribution in [0.25, 0.3) is 0 Å². The standard InChI is InChI=1S/C14H21NO2S/c1-10-6-7-12(18-10)11(2)15-9-5-4-8-14(15,3)13(16)17/h6-7,11H,4-5,8-9H2,1-3H3,(H,16,17). The zero-order chi connectivity index (χ0) is 13.3. The number of hydrogen-bond acceptors (Lipinski definition) is 3. The van der Waals surface area contributed by atoms with Gasteiger partial charge in [-0.05, 0) is 58.7 Å². The summed E-state index contributed by atoms with van der Waals surface area (Å²) in [5.41, 5.74) is -0.713. The summed E-state index contributed by atoms with van der Waals surface area (Å²) in [6, 6.07) is 4.42. The first-order chi connectivity index (χ1) is 8.45. The average molecular weight is 267 g/mol. The Labute approximate surface area is 112 Å². The van der Waals surface area contributed by atoms with Crippen molar-refractivity contribution in [3.63, 3.8) is 0 Å². The second-order valence-corrected chi connectivity index (χ2v) is 6.67. The quantitative estimate of drug-likeness (QED) is 0.912. The Morgan fingerprint density at radius 3 is 2.78 bits per heavy atom. The Morgan fingerprint density at radius 1 is 1.50 bits per heavy atom. The highest BCUT2D eigenvalue weighted by Gasteiger charge is 2.43. The first kappa shape index (κ1) is 13.6. The summed E-state index contributed by atoms with van der Waals surface area (Å²) in [6.45, 7) is 6.96. The molecule has 100 valence electrons. The molecule has 1 saturated heterocycles. The van der Waals surface area contributed by atoms with E-state index in [0.717, 1.165) is 25.8 Å². The highest BCUT2D eigenvalue weighted by atomic mass is 32.1. The van der Waals surface area contributed by atoms with Gasteiger partial charge in [0.15, 0.2) is 0 Å². The molecule has 0 spiro atoms. The van der Waals surface area contributed by atoms with Crippen LogP contribution < -0.4 is 0 Å². The number of aliphatic carboxylic acids is 1. The SMILES string of the molecule is Cc1ccc(C(C)N2CCCCC2(C)C(=O)O)s1. The van der Waals surface area contributed by atoms with E-state index in [1.54, 1.807) is 11.3 Å². The first-order valence-corrected chi connectivity index (χ1v) is 7.33. The third-order valence-corrected chi connectivity index (χ3v) is 5.22. The minimum Gasteiger partial charge on any atom is -0.480 e. The largest absolute Gasteiger partial charge is 0.480 e. The van der Waals surface area contributed by atoms with Crippen molar-refractivity contribution in [1.82, 2.24) is 4.90 Å². The summed E-state index contributed by atoms with van der Waals surface area (Å²) in [6.07, 6.45) is 2.85. The van der Waals surface area contributed by atoms with Gasteiger partial charge in [-0.1, -0.05) is 0 Å². The smallest absolute Gasteiger partial charge is 0.323 e. The van der Waals surface area contributed by atoms with E-state index in [1.165, 1.54) is 9.75 Å². The van der Waals surface area contributed by atoms with Gasteiger partial charge in [-0.3, -0.25) is 9.69 Å². The van der Waals surface area contributed by atoms with E-state index in [-0.39, 0.29) is 6.04 Å². The molecule has 4 heteroatoms. The van der Waals surface area contributed by atoms with Gasteiger partial charge in [-0.25, -0.2) is 0 Å². The maximum absolute atomic E-state index is 11.6. The van der Waals surface area contributed by atoms with Gasteiger partial charge in [0.25, 0.3) is 0 Å². The fraction of sp³-hybridized carbons (Fsp3) is 0.643. The third-order valence-electron chi connectivity index (χ3n) is 4.05. The van der Waals surface area contributed by atoms with Crippen LogP contribution in [0.15, 0.2) is 12.1 Å². The van der Waals surface area contributed by atoms with E-state index >= 15 is 0 Å². The average Bonchev–Trinajstić information content (AvgIpc) is 2.75. The van der Waals surface area contributed by atoms with Crippen molar-refractivity contribution < 1.29 is 9.90 Å². The molecule has 1 aliphatic heterocycles. The van der Waals surface area contributed by atoms with Crippen LogP contribution in [0.3, 0.4) is 0 Å². The van der Waals surface area contributed by atoms with Crippen molar-refractivity contribution in [1.29, 1.82) is 0 Å². The summed E-state index contributed by atoms with van der Waals surface area (Å²) in [5, 5.41) is 9.53. The molecule has 0 saturated carbocycles. The van der Waals surface area contributed by atoms with Gasteiger partial charge in [0, 0.05) is 15.8 Å². The number of piperidine rings is 1. The van der Waals surface area contributed by atoms with Crippen LogP contribution in [-0.4, -0.2) is 28.1 Å². The Morgan fingerprint density at radius 2 is 2.22 bits per heavy atom. The zero-order valence-corrected chi connectivity index (χ0v) is 12.1. The number of carbonyl (C=O) groups is 1. The molecule has 3 nitrogen and oxygen atoms in total. The third kappa shape index (κ3) is 2.31. The molecule has 2 heterocycles. The number of hydrogen-bond donors (Lipinski definition) is 1. The lowest BCUT2D eigenvalue weighted by Crippen LogP contribution is -2.55. The van der Waals surface area contributed by atoms with Crippen molar-refractivity contribution in [3.05, 3.63) is 21.9 Å². The van der Waals surface area contributed by atoms with Crippen molar-refractivity contribution >= 4 is 17.3 Å². The van der Waals surface area contributed by atoms with Crippen molar-refractivity contribution in [3.8, 4) is 0 Å². The number of nitrogens with zero attached hydrogens (tertiary/aromatic N) is 1. The molecule has 18 heavy (non-hydrogen) atoms. The van der Waals surface area contributed by atoms with E-state index in [0.29, 0.717) is 0 Å². The number of aryl methyl sites for hydroxylation is 1. The van der Waals surface area contributed by atoms with Crippen LogP contribution in [0.2, 0.25) is 0 Å². The summed E-state index contributed by atoms with van der Waals surface area (Å²) in [7, 11) is 0. The number of thiophene rings is 1. The molecule has 2 rings (SSSR count). The fourth-order valence-electron chi connectivity index (χ4n) is 2.82. The van der Waals surface area contributed by atoms with Crippen molar-refractivity contribution in [2.75, 3.05) is 6.54 Å². The molecular weight excluding hydrogens is 246 g/mol. The molecule has 2 unspecified atom stereocenters. The molecule has 1 aliphatic rings. The summed E-state index contributed by atoms with van der Waals surface area (Å²) in [4.78, 5) is 16.3. The normalized spacial score (nSPS) is 27.1. The van der Waals surface area contributed by atoms with Crippen LogP contribution in [0.5, 0.6) is 0 Å². The molecule has 1 fully saturated rings. The Hall–Kier alpha value is -0.870. The topological polar surface area (TPSA) is 40.5 Å². The van der Waals surface area contributed by atoms with Crippen LogP contribution in [-0.2, 0) is 4.79 Å². The minimum absolute atomic E-state index is 0.185. The van der Waals surface area contributed by atoms with E-state index in [1.807, 2.05) is 6.92 Å². The van der Waals surface area contributed by atoms with Gasteiger partial charge in [-0.2, -0.15) is 0 Å². The van der Waals surface area contributed by atoms with Crippen LogP contribution in [0.1, 0.15) is 48.9 Å². The molecule has 1 aromatic heterocycles. The summed E-state index contributed by atoms with van der Waals surface area (Å²) < 4.78 is 0. The molecule has 0 amide bonds. The van der Waals surface area contributed by atoms with E-state index < -0.39 is 11.5 Å². The molecule has 1 N–H and O–H groups in total. The first-order valence-electron chi connectivity index (χ1n) is 6.51. The monoisotopic (exact) mass is 267 g/mol. The number of carboxylic acid groups (broad SMARTS) is 1. The molecule has 0 radical (unpaired) electrons. The molecule has 2 atom stereocenters. The molecule has 0 bridgehead atoms. The minimum atomic E-state index is -0.713. The van der Waals surface area contributed by atoms with Crippen molar-refractivity contribution in [2.45, 2.75) is 51.6 Å². The van der Waals surface area contributed by atoms with Gasteiger partial charge in [0.05, 0.1) is 0 Å². The molecule has 1 aromatic rings. The lowest BCUT2D eigenvalue weighted by molar-refractivity contribution is -0.154. The number of likely N-dealkylation sites (tertiary alicyclic amines) is 1. The predicted octanol–water partition coefficient (Wildman–Crippen LogP) is 3.45. The van der Waals surface area contributed by atoms with Gasteiger partial charge >= 0.3 is 5.97 Å². The molecule has 0 aromatic carbocycles. The Kier molecular flexibility index (Phi) is 3.78. The summed E-state index contributed by atoms with van der Waals surface area (Å²) in [5.74, 6) is -0.692. The predicted molar refractivity (Wildman–Crippen MR) is 74.1 cm³/mol. The van der Waals surface area contributed by atoms with Crippen LogP contribution in [0.4, 0.5) is 0 Å². The Bertz CT molecular complexity index is 443. The van der Waals surface area contributed by atoms with E-state index in [9.17, 15) is 9.90 Å². The second-order valence-electron chi connectivity index (χ2n) is 5.35. The lowest BCUT2D eigenvalue weighted by Gasteiger charge is -2.44. The van der Waals surface area contributed by atoms with Gasteiger partial charge < -0.3 is 5.11 Å². The maximum atomic E-state index is 11.6. The Balaban J connectivity index is 2.26. The molecular formula is C14H21NO2S. The second kappa shape index (κ2) is 5.02. The molecule has 0 aliphatic carbocycles. The van der Waals surface area contributed by atoms with Crippen LogP contribution >= 0.6 is 11.3 Å². The highest BCUT2D eigenvalue weighted by Crippen LogP contribution is 2.37. The lowest BCUT2D eigenvalue weighted by atomic mass is 9.87. The summed E-state index contributed by atoms with van der Waals surface area (Å²) >= 11 is 1.77. The zero-order valence-electron chi connectivity index (χ0n) is 11.3. The number of carboxylic acids is 1. The van der Waals surface area contributed by atoms with Gasteiger partial charge in [-0.15, -0.1) is 11.3 Å². The maximum Gasteiger partial charge on any atom is 0.323 e. The van der Waals surface area contributed by atoms with Gasteiger partial charge in [0.1, 0.15) is 5.54 Å². The fourth-order valence-corrected chi connectivity index (χ4v) is 3.77. The van der Waals surface area contributed by atoms with E-state index in [2.05, 4.69) is 30.9 Å². The highest BCUT2D eigenvalue weighted by molar-refractivity contribution is 7.12. The van der Waals surface area contributed by atoms with Gasteiger partial charge in [0.2, 0.25) is 0 Å². The van der Waals surface area contributed by atoms with Crippen molar-refractivity contribution in [2.24, 2.45) is 0 Å².